The SMILES string of the molecule is C=CC(Br)=N/C(=C(\C)N)c1nnc(-c2ccc(CBr)cc2)o1.CCC. The van der Waals surface area contributed by atoms with Gasteiger partial charge in [-0.25, -0.2) is 4.99 Å². The second kappa shape index (κ2) is 11.0. The third kappa shape index (κ3) is 6.59. The number of nitrogens with zero attached hydrogens (tertiary/aromatic N) is 3. The highest BCUT2D eigenvalue weighted by Gasteiger charge is 2.14. The van der Waals surface area contributed by atoms with Gasteiger partial charge in [0.25, 0.3) is 5.89 Å². The molecule has 1 aromatic carbocycles. The molecule has 0 aliphatic carbocycles. The van der Waals surface area contributed by atoms with Gasteiger partial charge in [-0.05, 0) is 46.6 Å². The third-order valence-electron chi connectivity index (χ3n) is 2.74. The third-order valence-corrected chi connectivity index (χ3v) is 3.89. The summed E-state index contributed by atoms with van der Waals surface area (Å²) in [6, 6.07) is 7.84. The van der Waals surface area contributed by atoms with Crippen LogP contribution in [-0.2, 0) is 5.33 Å². The van der Waals surface area contributed by atoms with Gasteiger partial charge in [-0.3, -0.25) is 0 Å². The van der Waals surface area contributed by atoms with E-state index >= 15 is 0 Å². The predicted octanol–water partition coefficient (Wildman–Crippen LogP) is 5.67. The van der Waals surface area contributed by atoms with Crippen molar-refractivity contribution in [3.8, 4) is 11.5 Å². The Bertz CT molecular complexity index is 745. The minimum absolute atomic E-state index is 0.262. The van der Waals surface area contributed by atoms with Gasteiger partial charge in [0.1, 0.15) is 10.3 Å². The van der Waals surface area contributed by atoms with Gasteiger partial charge in [-0.15, -0.1) is 10.2 Å². The molecule has 2 N–H and O–H groups in total. The summed E-state index contributed by atoms with van der Waals surface area (Å²) in [6.07, 6.45) is 2.80. The van der Waals surface area contributed by atoms with Crippen molar-refractivity contribution in [1.82, 2.24) is 10.2 Å². The number of nitrogens with two attached hydrogens (primary N) is 1. The van der Waals surface area contributed by atoms with Crippen LogP contribution in [0.15, 0.2) is 52.0 Å². The highest BCUT2D eigenvalue weighted by molar-refractivity contribution is 9.18. The van der Waals surface area contributed by atoms with E-state index in [4.69, 9.17) is 10.2 Å². The van der Waals surface area contributed by atoms with E-state index in [0.29, 0.717) is 21.9 Å². The van der Waals surface area contributed by atoms with Crippen LogP contribution >= 0.6 is 31.9 Å². The van der Waals surface area contributed by atoms with Gasteiger partial charge >= 0.3 is 0 Å². The number of hydrogen-bond donors (Lipinski definition) is 1. The molecule has 0 amide bonds. The maximum atomic E-state index is 5.84. The molecule has 25 heavy (non-hydrogen) atoms. The summed E-state index contributed by atoms with van der Waals surface area (Å²) in [6.45, 7) is 9.59. The van der Waals surface area contributed by atoms with Gasteiger partial charge in [-0.2, -0.15) is 0 Å². The molecule has 1 aromatic heterocycles. The van der Waals surface area contributed by atoms with Gasteiger partial charge in [0, 0.05) is 16.6 Å². The molecular formula is C18H22Br2N4O. The van der Waals surface area contributed by atoms with Crippen LogP contribution in [0.5, 0.6) is 0 Å². The van der Waals surface area contributed by atoms with Gasteiger partial charge in [-0.1, -0.05) is 54.9 Å². The standard InChI is InChI=1S/C15H14Br2N4O.C3H8/c1-3-12(17)19-13(9(2)18)15-21-20-14(22-15)11-6-4-10(8-16)5-7-11;1-3-2/h3-7H,1,8,18H2,2H3;3H2,1-2H3/b13-9+,19-12?;. The topological polar surface area (TPSA) is 77.3 Å². The van der Waals surface area contributed by atoms with Crippen molar-refractivity contribution in [2.75, 3.05) is 0 Å². The molecule has 0 bridgehead atoms. The first-order valence-electron chi connectivity index (χ1n) is 7.78. The van der Waals surface area contributed by atoms with Gasteiger partial charge in [0.05, 0.1) is 0 Å². The minimum Gasteiger partial charge on any atom is -0.415 e. The van der Waals surface area contributed by atoms with E-state index in [-0.39, 0.29) is 5.89 Å². The fraction of sp³-hybridized carbons (Fsp3) is 0.278. The second-order valence-corrected chi connectivity index (χ2v) is 6.49. The van der Waals surface area contributed by atoms with E-state index in [2.05, 4.69) is 67.5 Å². The van der Waals surface area contributed by atoms with Crippen molar-refractivity contribution in [3.05, 3.63) is 54.1 Å². The summed E-state index contributed by atoms with van der Waals surface area (Å²) in [5.41, 5.74) is 8.74. The highest BCUT2D eigenvalue weighted by Crippen LogP contribution is 2.24. The van der Waals surface area contributed by atoms with Crippen LogP contribution < -0.4 is 5.73 Å². The summed E-state index contributed by atoms with van der Waals surface area (Å²) in [4.78, 5) is 4.27. The van der Waals surface area contributed by atoms with E-state index < -0.39 is 0 Å². The molecule has 0 aliphatic heterocycles. The monoisotopic (exact) mass is 468 g/mol. The number of aromatic nitrogens is 2. The second-order valence-electron chi connectivity index (χ2n) is 5.12. The van der Waals surface area contributed by atoms with Gasteiger partial charge < -0.3 is 10.2 Å². The lowest BCUT2D eigenvalue weighted by Crippen LogP contribution is -1.98. The maximum Gasteiger partial charge on any atom is 0.268 e. The first kappa shape index (κ1) is 21.3. The largest absolute Gasteiger partial charge is 0.415 e. The Kier molecular flexibility index (Phi) is 9.37. The van der Waals surface area contributed by atoms with Crippen LogP contribution in [0.2, 0.25) is 0 Å². The highest BCUT2D eigenvalue weighted by atomic mass is 79.9. The van der Waals surface area contributed by atoms with Crippen molar-refractivity contribution in [1.29, 1.82) is 0 Å². The van der Waals surface area contributed by atoms with Gasteiger partial charge in [0.15, 0.2) is 0 Å². The van der Waals surface area contributed by atoms with Crippen LogP contribution in [0.25, 0.3) is 17.2 Å². The number of halogens is 2. The van der Waals surface area contributed by atoms with E-state index in [9.17, 15) is 0 Å². The summed E-state index contributed by atoms with van der Waals surface area (Å²) < 4.78 is 6.21. The number of alkyl halides is 1. The zero-order chi connectivity index (χ0) is 18.8. The fourth-order valence-electron chi connectivity index (χ4n) is 1.63. The fourth-order valence-corrected chi connectivity index (χ4v) is 2.18. The van der Waals surface area contributed by atoms with E-state index in [0.717, 1.165) is 10.9 Å². The Balaban J connectivity index is 0.000000970. The molecule has 1 heterocycles. The number of hydrogen-bond acceptors (Lipinski definition) is 5. The first-order chi connectivity index (χ1) is 12.0. The first-order valence-corrected chi connectivity index (χ1v) is 9.70. The Hall–Kier alpha value is -1.73. The van der Waals surface area contributed by atoms with Crippen LogP contribution in [0.1, 0.15) is 38.6 Å². The summed E-state index contributed by atoms with van der Waals surface area (Å²) in [5.74, 6) is 0.679. The van der Waals surface area contributed by atoms with Crippen molar-refractivity contribution in [2.45, 2.75) is 32.5 Å². The average molecular weight is 470 g/mol. The Morgan fingerprint density at radius 2 is 1.88 bits per heavy atom. The lowest BCUT2D eigenvalue weighted by Gasteiger charge is -2.00. The lowest BCUT2D eigenvalue weighted by molar-refractivity contribution is 0.551. The number of allylic oxidation sites excluding steroid dienone is 2. The van der Waals surface area contributed by atoms with Crippen LogP contribution in [0, 0.1) is 0 Å². The molecule has 2 aromatic rings. The van der Waals surface area contributed by atoms with Crippen molar-refractivity contribution in [2.24, 2.45) is 10.7 Å². The molecule has 0 aliphatic rings. The molecule has 5 nitrogen and oxygen atoms in total. The van der Waals surface area contributed by atoms with E-state index in [1.165, 1.54) is 12.0 Å². The van der Waals surface area contributed by atoms with E-state index in [1.807, 2.05) is 24.3 Å². The molecule has 0 saturated heterocycles. The molecule has 134 valence electrons. The smallest absolute Gasteiger partial charge is 0.268 e. The summed E-state index contributed by atoms with van der Waals surface area (Å²) in [7, 11) is 0. The normalized spacial score (nSPS) is 12.1. The Morgan fingerprint density at radius 3 is 2.36 bits per heavy atom. The predicted molar refractivity (Wildman–Crippen MR) is 112 cm³/mol. The maximum absolute atomic E-state index is 5.84. The molecule has 0 atom stereocenters. The zero-order valence-corrected chi connectivity index (χ0v) is 17.8. The molecule has 0 saturated carbocycles. The summed E-state index contributed by atoms with van der Waals surface area (Å²) >= 11 is 6.67. The van der Waals surface area contributed by atoms with Crippen molar-refractivity contribution >= 4 is 42.2 Å². The minimum atomic E-state index is 0.262. The number of aliphatic imine (C=N–C) groups is 1. The van der Waals surface area contributed by atoms with Crippen LogP contribution in [0.3, 0.4) is 0 Å². The van der Waals surface area contributed by atoms with Crippen LogP contribution in [0.4, 0.5) is 0 Å². The molecule has 0 unspecified atom stereocenters. The number of rotatable bonds is 5. The van der Waals surface area contributed by atoms with Crippen LogP contribution in [-0.4, -0.2) is 14.8 Å². The van der Waals surface area contributed by atoms with Gasteiger partial charge in [0.2, 0.25) is 5.89 Å². The lowest BCUT2D eigenvalue weighted by atomic mass is 10.1. The molecular weight excluding hydrogens is 448 g/mol. The zero-order valence-electron chi connectivity index (χ0n) is 14.6. The number of benzene rings is 1. The average Bonchev–Trinajstić information content (AvgIpc) is 3.09. The van der Waals surface area contributed by atoms with Crippen molar-refractivity contribution < 1.29 is 4.42 Å². The Morgan fingerprint density at radius 1 is 1.28 bits per heavy atom. The Labute approximate surface area is 165 Å². The molecule has 7 heteroatoms. The molecule has 2 rings (SSSR count). The summed E-state index contributed by atoms with van der Waals surface area (Å²) in [5, 5.41) is 8.87. The quantitative estimate of drug-likeness (QED) is 0.451. The van der Waals surface area contributed by atoms with Crippen molar-refractivity contribution in [3.63, 3.8) is 0 Å². The molecule has 0 spiro atoms. The van der Waals surface area contributed by atoms with E-state index in [1.54, 1.807) is 13.0 Å². The molecule has 0 radical (unpaired) electrons. The molecule has 0 fully saturated rings.